The van der Waals surface area contributed by atoms with Crippen LogP contribution in [0.25, 0.3) is 0 Å². The second-order valence-electron chi connectivity index (χ2n) is 3.93. The normalized spacial score (nSPS) is 10.6. The number of rotatable bonds is 3. The molecule has 0 spiro atoms. The van der Waals surface area contributed by atoms with Crippen molar-refractivity contribution in [1.29, 1.82) is 0 Å². The van der Waals surface area contributed by atoms with Gasteiger partial charge in [0.15, 0.2) is 0 Å². The smallest absolute Gasteiger partial charge is 0.331 e. The van der Waals surface area contributed by atoms with Crippen molar-refractivity contribution in [3.63, 3.8) is 0 Å². The van der Waals surface area contributed by atoms with Gasteiger partial charge in [-0.05, 0) is 24.1 Å². The van der Waals surface area contributed by atoms with Crippen molar-refractivity contribution >= 4 is 0 Å². The van der Waals surface area contributed by atoms with Crippen LogP contribution in [0.15, 0.2) is 33.9 Å². The van der Waals surface area contributed by atoms with E-state index in [1.54, 1.807) is 11.1 Å². The predicted molar refractivity (Wildman–Crippen MR) is 63.0 cm³/mol. The standard InChI is InChI=1S/C12H10F2N2O3/c13-8-3-1-2-7(6-8)4-5-16-11(18)9(14)10(17)15-12(16)19/h1-3,6,18H,4-5H2,(H,15,17,19). The van der Waals surface area contributed by atoms with Crippen molar-refractivity contribution in [2.75, 3.05) is 0 Å². The first-order chi connectivity index (χ1) is 8.99. The Hall–Kier alpha value is -2.44. The molecule has 0 amide bonds. The summed E-state index contributed by atoms with van der Waals surface area (Å²) in [6, 6.07) is 5.67. The molecule has 0 aliphatic carbocycles. The summed E-state index contributed by atoms with van der Waals surface area (Å²) in [6.07, 6.45) is 0.205. The van der Waals surface area contributed by atoms with Gasteiger partial charge in [0.25, 0.3) is 5.56 Å². The topological polar surface area (TPSA) is 75.1 Å². The van der Waals surface area contributed by atoms with Crippen LogP contribution < -0.4 is 11.2 Å². The molecule has 1 aromatic carbocycles. The van der Waals surface area contributed by atoms with E-state index in [1.807, 2.05) is 0 Å². The third-order valence-corrected chi connectivity index (χ3v) is 2.63. The van der Waals surface area contributed by atoms with E-state index in [0.29, 0.717) is 10.1 Å². The molecule has 0 bridgehead atoms. The molecule has 2 aromatic rings. The molecule has 2 rings (SSSR count). The number of hydrogen-bond donors (Lipinski definition) is 2. The van der Waals surface area contributed by atoms with E-state index in [-0.39, 0.29) is 13.0 Å². The van der Waals surface area contributed by atoms with Crippen LogP contribution in [0.2, 0.25) is 0 Å². The monoisotopic (exact) mass is 268 g/mol. The maximum atomic E-state index is 13.1. The van der Waals surface area contributed by atoms with Gasteiger partial charge in [-0.15, -0.1) is 0 Å². The summed E-state index contributed by atoms with van der Waals surface area (Å²) in [5.74, 6) is -2.87. The van der Waals surface area contributed by atoms with Crippen LogP contribution in [0.5, 0.6) is 5.88 Å². The van der Waals surface area contributed by atoms with Crippen LogP contribution in [-0.2, 0) is 13.0 Å². The van der Waals surface area contributed by atoms with Crippen LogP contribution >= 0.6 is 0 Å². The van der Waals surface area contributed by atoms with Crippen molar-refractivity contribution < 1.29 is 13.9 Å². The van der Waals surface area contributed by atoms with Crippen LogP contribution in [0.3, 0.4) is 0 Å². The summed E-state index contributed by atoms with van der Waals surface area (Å²) in [5, 5.41) is 9.39. The molecule has 2 N–H and O–H groups in total. The minimum absolute atomic E-state index is 0.0815. The van der Waals surface area contributed by atoms with Gasteiger partial charge >= 0.3 is 5.69 Å². The van der Waals surface area contributed by atoms with Crippen LogP contribution in [0, 0.1) is 11.6 Å². The number of hydrogen-bond acceptors (Lipinski definition) is 3. The lowest BCUT2D eigenvalue weighted by Gasteiger charge is -2.08. The van der Waals surface area contributed by atoms with Gasteiger partial charge in [0.05, 0.1) is 0 Å². The van der Waals surface area contributed by atoms with Gasteiger partial charge in [-0.3, -0.25) is 14.3 Å². The minimum Gasteiger partial charge on any atom is -0.492 e. The second kappa shape index (κ2) is 5.05. The molecule has 0 aliphatic rings. The molecule has 0 saturated carbocycles. The third-order valence-electron chi connectivity index (χ3n) is 2.63. The van der Waals surface area contributed by atoms with Gasteiger partial charge in [0, 0.05) is 6.54 Å². The Bertz CT molecular complexity index is 722. The average molecular weight is 268 g/mol. The highest BCUT2D eigenvalue weighted by Crippen LogP contribution is 2.10. The number of aromatic amines is 1. The summed E-state index contributed by atoms with van der Waals surface area (Å²) >= 11 is 0. The molecule has 0 unspecified atom stereocenters. The van der Waals surface area contributed by atoms with Crippen LogP contribution in [0.1, 0.15) is 5.56 Å². The summed E-state index contributed by atoms with van der Waals surface area (Å²) in [6.45, 7) is -0.0815. The quantitative estimate of drug-likeness (QED) is 0.863. The lowest BCUT2D eigenvalue weighted by atomic mass is 10.1. The van der Waals surface area contributed by atoms with E-state index in [1.165, 1.54) is 18.2 Å². The molecular formula is C12H10F2N2O3. The first-order valence-corrected chi connectivity index (χ1v) is 5.45. The Balaban J connectivity index is 2.28. The number of nitrogens with one attached hydrogen (secondary N) is 1. The molecule has 0 atom stereocenters. The zero-order chi connectivity index (χ0) is 14.0. The van der Waals surface area contributed by atoms with Gasteiger partial charge in [-0.1, -0.05) is 12.1 Å². The Kier molecular flexibility index (Phi) is 3.46. The molecule has 100 valence electrons. The van der Waals surface area contributed by atoms with Crippen molar-refractivity contribution in [2.24, 2.45) is 0 Å². The average Bonchev–Trinajstić information content (AvgIpc) is 2.36. The molecule has 5 nitrogen and oxygen atoms in total. The van der Waals surface area contributed by atoms with Gasteiger partial charge in [0.2, 0.25) is 11.7 Å². The fourth-order valence-corrected chi connectivity index (χ4v) is 1.68. The van der Waals surface area contributed by atoms with Crippen molar-refractivity contribution in [3.8, 4) is 5.88 Å². The van der Waals surface area contributed by atoms with Gasteiger partial charge in [-0.25, -0.2) is 9.18 Å². The Morgan fingerprint density at radius 3 is 2.68 bits per heavy atom. The molecule has 0 aliphatic heterocycles. The van der Waals surface area contributed by atoms with E-state index in [0.717, 1.165) is 0 Å². The van der Waals surface area contributed by atoms with E-state index in [4.69, 9.17) is 0 Å². The van der Waals surface area contributed by atoms with E-state index >= 15 is 0 Å². The van der Waals surface area contributed by atoms with E-state index < -0.39 is 28.8 Å². The van der Waals surface area contributed by atoms with E-state index in [9.17, 15) is 23.5 Å². The van der Waals surface area contributed by atoms with E-state index in [2.05, 4.69) is 0 Å². The Morgan fingerprint density at radius 2 is 2.00 bits per heavy atom. The second-order valence-corrected chi connectivity index (χ2v) is 3.93. The molecule has 0 radical (unpaired) electrons. The molecule has 1 heterocycles. The Labute approximate surface area is 105 Å². The number of aromatic hydroxyl groups is 1. The summed E-state index contributed by atoms with van der Waals surface area (Å²) in [4.78, 5) is 24.0. The first-order valence-electron chi connectivity index (χ1n) is 5.45. The highest BCUT2D eigenvalue weighted by Gasteiger charge is 2.13. The summed E-state index contributed by atoms with van der Waals surface area (Å²) < 4.78 is 26.8. The number of benzene rings is 1. The van der Waals surface area contributed by atoms with Crippen LogP contribution in [-0.4, -0.2) is 14.7 Å². The molecule has 19 heavy (non-hydrogen) atoms. The molecule has 0 fully saturated rings. The maximum absolute atomic E-state index is 13.1. The number of halogens is 2. The lowest BCUT2D eigenvalue weighted by molar-refractivity contribution is 0.360. The Morgan fingerprint density at radius 1 is 1.26 bits per heavy atom. The van der Waals surface area contributed by atoms with Crippen molar-refractivity contribution in [3.05, 3.63) is 62.3 Å². The number of nitrogens with zero attached hydrogens (tertiary/aromatic N) is 1. The van der Waals surface area contributed by atoms with Gasteiger partial charge in [0.1, 0.15) is 5.82 Å². The molecule has 0 saturated heterocycles. The van der Waals surface area contributed by atoms with Crippen molar-refractivity contribution in [1.82, 2.24) is 9.55 Å². The fraction of sp³-hybridized carbons (Fsp3) is 0.167. The zero-order valence-electron chi connectivity index (χ0n) is 9.69. The van der Waals surface area contributed by atoms with Crippen molar-refractivity contribution in [2.45, 2.75) is 13.0 Å². The van der Waals surface area contributed by atoms with Gasteiger partial charge < -0.3 is 5.11 Å². The molecular weight excluding hydrogens is 258 g/mol. The summed E-state index contributed by atoms with van der Waals surface area (Å²) in [5.41, 5.74) is -1.61. The first kappa shape index (κ1) is 13.0. The number of aryl methyl sites for hydroxylation is 1. The molecule has 1 aromatic heterocycles. The fourth-order valence-electron chi connectivity index (χ4n) is 1.68. The number of aromatic nitrogens is 2. The number of H-pyrrole nitrogens is 1. The minimum atomic E-state index is -1.42. The SMILES string of the molecule is O=c1[nH]c(=O)n(CCc2cccc(F)c2)c(O)c1F. The summed E-state index contributed by atoms with van der Waals surface area (Å²) in [7, 11) is 0. The van der Waals surface area contributed by atoms with Crippen LogP contribution in [0.4, 0.5) is 8.78 Å². The highest BCUT2D eigenvalue weighted by atomic mass is 19.1. The lowest BCUT2D eigenvalue weighted by Crippen LogP contribution is -2.32. The third kappa shape index (κ3) is 2.70. The predicted octanol–water partition coefficient (Wildman–Crippen LogP) is 0.763. The largest absolute Gasteiger partial charge is 0.492 e. The maximum Gasteiger partial charge on any atom is 0.331 e. The highest BCUT2D eigenvalue weighted by molar-refractivity contribution is 5.17. The van der Waals surface area contributed by atoms with Gasteiger partial charge in [-0.2, -0.15) is 4.39 Å². The molecule has 7 heteroatoms. The zero-order valence-corrected chi connectivity index (χ0v) is 9.69.